The van der Waals surface area contributed by atoms with E-state index in [1.807, 2.05) is 25.1 Å². The second-order valence-electron chi connectivity index (χ2n) is 4.29. The van der Waals surface area contributed by atoms with Crippen molar-refractivity contribution in [2.45, 2.75) is 27.2 Å². The molecule has 0 unspecified atom stereocenters. The van der Waals surface area contributed by atoms with E-state index in [9.17, 15) is 0 Å². The van der Waals surface area contributed by atoms with Gasteiger partial charge in [-0.3, -0.25) is 0 Å². The van der Waals surface area contributed by atoms with E-state index in [-0.39, 0.29) is 0 Å². The first-order valence-corrected chi connectivity index (χ1v) is 6.78. The Morgan fingerprint density at radius 2 is 1.94 bits per heavy atom. The number of para-hydroxylation sites is 1. The predicted molar refractivity (Wildman–Crippen MR) is 73.2 cm³/mol. The third-order valence-corrected chi connectivity index (χ3v) is 3.38. The Morgan fingerprint density at radius 1 is 1.24 bits per heavy atom. The van der Waals surface area contributed by atoms with Crippen LogP contribution in [0.5, 0.6) is 5.75 Å². The fourth-order valence-electron chi connectivity index (χ4n) is 1.90. The molecule has 3 heteroatoms. The summed E-state index contributed by atoms with van der Waals surface area (Å²) >= 11 is 6.10. The number of hydrogen-bond acceptors (Lipinski definition) is 1. The zero-order valence-electron chi connectivity index (χ0n) is 11.1. The maximum Gasteiger partial charge on any atom is 0.140 e. The minimum atomic E-state index is 0.709. The first kappa shape index (κ1) is 14.3. The topological polar surface area (TPSA) is 13.7 Å². The highest BCUT2D eigenvalue weighted by molar-refractivity contribution is 6.32. The summed E-state index contributed by atoms with van der Waals surface area (Å²) < 4.78 is 5.76. The molecule has 0 saturated carbocycles. The molecule has 1 N–H and O–H groups in total. The highest BCUT2D eigenvalue weighted by atomic mass is 35.5. The van der Waals surface area contributed by atoms with Gasteiger partial charge >= 0.3 is 0 Å². The Bertz CT molecular complexity index is 317. The Balaban J connectivity index is 2.36. The van der Waals surface area contributed by atoms with Crippen molar-refractivity contribution in [3.05, 3.63) is 28.8 Å². The van der Waals surface area contributed by atoms with E-state index >= 15 is 0 Å². The van der Waals surface area contributed by atoms with Crippen LogP contribution in [0.15, 0.2) is 18.2 Å². The van der Waals surface area contributed by atoms with Crippen LogP contribution in [-0.2, 0) is 0 Å². The minimum Gasteiger partial charge on any atom is -0.492 e. The quantitative estimate of drug-likeness (QED) is 0.740. The molecule has 0 aliphatic heterocycles. The van der Waals surface area contributed by atoms with Crippen LogP contribution in [0.3, 0.4) is 0 Å². The summed E-state index contributed by atoms with van der Waals surface area (Å²) in [6, 6.07) is 5.85. The van der Waals surface area contributed by atoms with Crippen LogP contribution in [0, 0.1) is 6.92 Å². The second kappa shape index (κ2) is 7.57. The van der Waals surface area contributed by atoms with Crippen molar-refractivity contribution in [3.63, 3.8) is 0 Å². The summed E-state index contributed by atoms with van der Waals surface area (Å²) in [5.41, 5.74) is 1.10. The van der Waals surface area contributed by atoms with Crippen molar-refractivity contribution in [1.82, 2.24) is 0 Å². The van der Waals surface area contributed by atoms with Crippen molar-refractivity contribution in [2.75, 3.05) is 26.2 Å². The number of nitrogens with one attached hydrogen (secondary N) is 1. The first-order chi connectivity index (χ1) is 8.19. The van der Waals surface area contributed by atoms with Gasteiger partial charge in [-0.1, -0.05) is 23.7 Å². The fraction of sp³-hybridized carbons (Fsp3) is 0.571. The molecule has 1 aromatic rings. The lowest BCUT2D eigenvalue weighted by Gasteiger charge is -2.16. The molecule has 0 aliphatic carbocycles. The van der Waals surface area contributed by atoms with Crippen molar-refractivity contribution >= 4 is 11.6 Å². The fourth-order valence-corrected chi connectivity index (χ4v) is 2.18. The molecule has 96 valence electrons. The summed E-state index contributed by atoms with van der Waals surface area (Å²) in [6.07, 6.45) is 1.07. The highest BCUT2D eigenvalue weighted by Gasteiger charge is 2.06. The Hall–Kier alpha value is -0.730. The van der Waals surface area contributed by atoms with Crippen molar-refractivity contribution in [2.24, 2.45) is 0 Å². The molecular weight excluding hydrogens is 234 g/mol. The monoisotopic (exact) mass is 256 g/mol. The van der Waals surface area contributed by atoms with E-state index in [0.717, 1.165) is 30.9 Å². The highest BCUT2D eigenvalue weighted by Crippen LogP contribution is 2.27. The molecule has 17 heavy (non-hydrogen) atoms. The zero-order valence-corrected chi connectivity index (χ0v) is 11.8. The molecule has 0 fully saturated rings. The summed E-state index contributed by atoms with van der Waals surface area (Å²) in [4.78, 5) is 1.62. The molecule has 1 aromatic carbocycles. The number of rotatable bonds is 7. The lowest BCUT2D eigenvalue weighted by atomic mass is 10.2. The van der Waals surface area contributed by atoms with Crippen LogP contribution >= 0.6 is 11.6 Å². The molecule has 0 saturated heterocycles. The van der Waals surface area contributed by atoms with Crippen LogP contribution in [0.2, 0.25) is 5.02 Å². The summed E-state index contributed by atoms with van der Waals surface area (Å²) in [6.45, 7) is 10.7. The Morgan fingerprint density at radius 3 is 2.53 bits per heavy atom. The van der Waals surface area contributed by atoms with Crippen LogP contribution < -0.4 is 9.64 Å². The number of ether oxygens (including phenoxy) is 1. The molecule has 0 spiro atoms. The predicted octanol–water partition coefficient (Wildman–Crippen LogP) is 2.34. The summed E-state index contributed by atoms with van der Waals surface area (Å²) in [5.74, 6) is 0.837. The second-order valence-corrected chi connectivity index (χ2v) is 4.70. The van der Waals surface area contributed by atoms with Crippen molar-refractivity contribution in [1.29, 1.82) is 0 Å². The lowest BCUT2D eigenvalue weighted by molar-refractivity contribution is -0.896. The number of aryl methyl sites for hydroxylation is 1. The molecule has 0 heterocycles. The summed E-state index contributed by atoms with van der Waals surface area (Å²) in [7, 11) is 0. The molecule has 0 aromatic heterocycles. The van der Waals surface area contributed by atoms with Crippen LogP contribution in [0.25, 0.3) is 0 Å². The largest absolute Gasteiger partial charge is 0.492 e. The van der Waals surface area contributed by atoms with Crippen molar-refractivity contribution in [3.8, 4) is 5.75 Å². The van der Waals surface area contributed by atoms with Gasteiger partial charge in [0.05, 0.1) is 31.3 Å². The number of quaternary nitrogens is 1. The van der Waals surface area contributed by atoms with Gasteiger partial charge in [0.2, 0.25) is 0 Å². The SMILES string of the molecule is CC[NH+](CC)CCCOc1c(C)cccc1Cl. The normalized spacial score (nSPS) is 10.9. The van der Waals surface area contributed by atoms with Crippen LogP contribution in [0.1, 0.15) is 25.8 Å². The molecule has 0 bridgehead atoms. The van der Waals surface area contributed by atoms with Gasteiger partial charge in [0, 0.05) is 6.42 Å². The molecular formula is C14H23ClNO+. The molecule has 2 nitrogen and oxygen atoms in total. The van der Waals surface area contributed by atoms with E-state index in [4.69, 9.17) is 16.3 Å². The van der Waals surface area contributed by atoms with E-state index in [0.29, 0.717) is 5.02 Å². The number of hydrogen-bond donors (Lipinski definition) is 1. The summed E-state index contributed by atoms with van der Waals surface area (Å²) in [5, 5.41) is 0.709. The number of benzene rings is 1. The van der Waals surface area contributed by atoms with Gasteiger partial charge in [-0.2, -0.15) is 0 Å². The van der Waals surface area contributed by atoms with Gasteiger partial charge in [0.25, 0.3) is 0 Å². The average Bonchev–Trinajstić information content (AvgIpc) is 2.32. The van der Waals surface area contributed by atoms with E-state index in [1.165, 1.54) is 13.1 Å². The Labute approximate surface area is 110 Å². The molecule has 1 rings (SSSR count). The molecule has 0 amide bonds. The minimum absolute atomic E-state index is 0.709. The molecule has 0 atom stereocenters. The smallest absolute Gasteiger partial charge is 0.140 e. The van der Waals surface area contributed by atoms with Gasteiger partial charge in [0.15, 0.2) is 0 Å². The number of halogens is 1. The van der Waals surface area contributed by atoms with E-state index < -0.39 is 0 Å². The van der Waals surface area contributed by atoms with Crippen molar-refractivity contribution < 1.29 is 9.64 Å². The van der Waals surface area contributed by atoms with Gasteiger partial charge in [0.1, 0.15) is 5.75 Å². The van der Waals surface area contributed by atoms with Crippen LogP contribution in [-0.4, -0.2) is 26.2 Å². The maximum absolute atomic E-state index is 6.10. The third-order valence-electron chi connectivity index (χ3n) is 3.08. The van der Waals surface area contributed by atoms with Crippen LogP contribution in [0.4, 0.5) is 0 Å². The van der Waals surface area contributed by atoms with Gasteiger partial charge in [-0.15, -0.1) is 0 Å². The lowest BCUT2D eigenvalue weighted by Crippen LogP contribution is -3.11. The standard InChI is InChI=1S/C14H22ClNO/c1-4-16(5-2)10-7-11-17-14-12(3)8-6-9-13(14)15/h6,8-9H,4-5,7,10-11H2,1-3H3/p+1. The van der Waals surface area contributed by atoms with Gasteiger partial charge < -0.3 is 9.64 Å². The molecule has 0 radical (unpaired) electrons. The van der Waals surface area contributed by atoms with E-state index in [1.54, 1.807) is 4.90 Å². The average molecular weight is 257 g/mol. The third kappa shape index (κ3) is 4.57. The van der Waals surface area contributed by atoms with E-state index in [2.05, 4.69) is 13.8 Å². The first-order valence-electron chi connectivity index (χ1n) is 6.40. The molecule has 0 aliphatic rings. The van der Waals surface area contributed by atoms with Gasteiger partial charge in [-0.25, -0.2) is 0 Å². The van der Waals surface area contributed by atoms with Gasteiger partial charge in [-0.05, 0) is 32.4 Å². The Kier molecular flexibility index (Phi) is 6.38. The maximum atomic E-state index is 6.10. The zero-order chi connectivity index (χ0) is 12.7.